The van der Waals surface area contributed by atoms with Crippen molar-refractivity contribution in [1.82, 2.24) is 20.3 Å². The van der Waals surface area contributed by atoms with Gasteiger partial charge in [-0.25, -0.2) is 4.68 Å². The first kappa shape index (κ1) is 28.3. The quantitative estimate of drug-likeness (QED) is 0.312. The highest BCUT2D eigenvalue weighted by Gasteiger charge is 2.35. The summed E-state index contributed by atoms with van der Waals surface area (Å²) >= 11 is 0. The van der Waals surface area contributed by atoms with Crippen LogP contribution < -0.4 is 19.7 Å². The maximum atomic E-state index is 14.2. The van der Waals surface area contributed by atoms with Crippen molar-refractivity contribution in [2.24, 2.45) is 0 Å². The highest BCUT2D eigenvalue weighted by Crippen LogP contribution is 2.34. The largest absolute Gasteiger partial charge is 0.497 e. The summed E-state index contributed by atoms with van der Waals surface area (Å²) in [4.78, 5) is 41.6. The summed E-state index contributed by atoms with van der Waals surface area (Å²) < 4.78 is 12.4. The van der Waals surface area contributed by atoms with Gasteiger partial charge in [0.15, 0.2) is 5.78 Å². The molecule has 1 heterocycles. The number of Topliss-reactive ketones (excluding diaryl/α,β-unsaturated/α-hetero) is 1. The molecular formula is C30H33N5O5. The van der Waals surface area contributed by atoms with E-state index in [0.717, 1.165) is 0 Å². The Morgan fingerprint density at radius 3 is 2.15 bits per heavy atom. The molecule has 0 aliphatic carbocycles. The van der Waals surface area contributed by atoms with Crippen LogP contribution in [0.1, 0.15) is 49.7 Å². The van der Waals surface area contributed by atoms with Gasteiger partial charge in [-0.1, -0.05) is 17.3 Å². The van der Waals surface area contributed by atoms with E-state index in [1.807, 2.05) is 45.0 Å². The normalized spacial score (nSPS) is 12.1. The van der Waals surface area contributed by atoms with Crippen molar-refractivity contribution < 1.29 is 23.9 Å². The Labute approximate surface area is 232 Å². The van der Waals surface area contributed by atoms with E-state index in [1.54, 1.807) is 42.5 Å². The average molecular weight is 544 g/mol. The number of carbonyl (C=O) groups excluding carboxylic acids is 3. The van der Waals surface area contributed by atoms with Crippen LogP contribution in [0.15, 0.2) is 66.7 Å². The number of rotatable bonds is 9. The van der Waals surface area contributed by atoms with E-state index >= 15 is 0 Å². The van der Waals surface area contributed by atoms with Crippen molar-refractivity contribution >= 4 is 34.3 Å². The van der Waals surface area contributed by atoms with E-state index in [0.29, 0.717) is 39.3 Å². The van der Waals surface area contributed by atoms with Gasteiger partial charge in [0.25, 0.3) is 0 Å². The van der Waals surface area contributed by atoms with Crippen LogP contribution in [-0.4, -0.2) is 52.3 Å². The van der Waals surface area contributed by atoms with Gasteiger partial charge in [-0.15, -0.1) is 5.10 Å². The number of benzene rings is 3. The van der Waals surface area contributed by atoms with Gasteiger partial charge in [0, 0.05) is 22.9 Å². The number of ether oxygens (including phenoxy) is 2. The number of anilines is 1. The van der Waals surface area contributed by atoms with Crippen LogP contribution in [0.2, 0.25) is 0 Å². The Hall–Kier alpha value is -4.73. The number of para-hydroxylation sites is 1. The van der Waals surface area contributed by atoms with Crippen LogP contribution in [0.3, 0.4) is 0 Å². The van der Waals surface area contributed by atoms with E-state index in [9.17, 15) is 14.4 Å². The van der Waals surface area contributed by atoms with E-state index in [-0.39, 0.29) is 12.3 Å². The zero-order valence-electron chi connectivity index (χ0n) is 23.5. The lowest BCUT2D eigenvalue weighted by Crippen LogP contribution is -2.50. The molecule has 4 rings (SSSR count). The van der Waals surface area contributed by atoms with Crippen LogP contribution >= 0.6 is 0 Å². The Kier molecular flexibility index (Phi) is 8.18. The van der Waals surface area contributed by atoms with Crippen molar-refractivity contribution in [3.05, 3.63) is 77.9 Å². The number of ketones is 1. The average Bonchev–Trinajstić information content (AvgIpc) is 3.32. The molecule has 2 amide bonds. The molecule has 3 aromatic carbocycles. The highest BCUT2D eigenvalue weighted by atomic mass is 16.5. The number of hydrogen-bond acceptors (Lipinski definition) is 7. The first-order chi connectivity index (χ1) is 19.0. The maximum absolute atomic E-state index is 14.2. The molecule has 4 aromatic rings. The molecule has 208 valence electrons. The fourth-order valence-corrected chi connectivity index (χ4v) is 4.38. The van der Waals surface area contributed by atoms with Crippen molar-refractivity contribution in [1.29, 1.82) is 0 Å². The second kappa shape index (κ2) is 11.6. The standard InChI is InChI=1S/C30H33N5O5/c1-19(36)20-11-13-22(14-12-20)35(27(37)18-34-26-10-8-7-9-25(26)32-33-34)28(29(38)31-30(2,3)4)21-15-23(39-5)17-24(16-21)40-6/h7-17,28H,18H2,1-6H3,(H,31,38). The van der Waals surface area contributed by atoms with Gasteiger partial charge in [0.05, 0.1) is 19.7 Å². The Bertz CT molecular complexity index is 1520. The predicted molar refractivity (Wildman–Crippen MR) is 152 cm³/mol. The zero-order chi connectivity index (χ0) is 29.0. The third-order valence-electron chi connectivity index (χ3n) is 6.22. The van der Waals surface area contributed by atoms with Gasteiger partial charge in [0.2, 0.25) is 11.8 Å². The zero-order valence-corrected chi connectivity index (χ0v) is 23.5. The number of amides is 2. The summed E-state index contributed by atoms with van der Waals surface area (Å²) in [7, 11) is 3.03. The lowest BCUT2D eigenvalue weighted by molar-refractivity contribution is -0.128. The molecule has 0 bridgehead atoms. The maximum Gasteiger partial charge on any atom is 0.249 e. The summed E-state index contributed by atoms with van der Waals surface area (Å²) in [6.45, 7) is 6.88. The number of fused-ring (bicyclic) bond motifs is 1. The highest BCUT2D eigenvalue weighted by molar-refractivity contribution is 6.02. The molecular weight excluding hydrogens is 510 g/mol. The minimum absolute atomic E-state index is 0.113. The van der Waals surface area contributed by atoms with Gasteiger partial charge >= 0.3 is 0 Å². The van der Waals surface area contributed by atoms with E-state index in [2.05, 4.69) is 15.6 Å². The van der Waals surface area contributed by atoms with Crippen LogP contribution in [0.4, 0.5) is 5.69 Å². The number of carbonyl (C=O) groups is 3. The minimum atomic E-state index is -1.12. The topological polar surface area (TPSA) is 116 Å². The first-order valence-corrected chi connectivity index (χ1v) is 12.8. The number of nitrogens with one attached hydrogen (secondary N) is 1. The molecule has 1 N–H and O–H groups in total. The SMILES string of the molecule is COc1cc(OC)cc(C(C(=O)NC(C)(C)C)N(C(=O)Cn2nnc3ccccc32)c2ccc(C(C)=O)cc2)c1. The molecule has 10 heteroatoms. The number of aromatic nitrogens is 3. The number of nitrogens with zero attached hydrogens (tertiary/aromatic N) is 4. The van der Waals surface area contributed by atoms with Crippen LogP contribution in [0.5, 0.6) is 11.5 Å². The summed E-state index contributed by atoms with van der Waals surface area (Å²) in [5.41, 5.74) is 2.12. The lowest BCUT2D eigenvalue weighted by atomic mass is 9.99. The molecule has 1 atom stereocenters. The van der Waals surface area contributed by atoms with E-state index in [1.165, 1.54) is 30.7 Å². The molecule has 0 spiro atoms. The van der Waals surface area contributed by atoms with Gasteiger partial charge in [-0.3, -0.25) is 19.3 Å². The number of methoxy groups -OCH3 is 2. The van der Waals surface area contributed by atoms with Gasteiger partial charge in [0.1, 0.15) is 29.6 Å². The lowest BCUT2D eigenvalue weighted by Gasteiger charge is -2.34. The first-order valence-electron chi connectivity index (χ1n) is 12.8. The number of hydrogen-bond donors (Lipinski definition) is 1. The second-order valence-electron chi connectivity index (χ2n) is 10.4. The summed E-state index contributed by atoms with van der Waals surface area (Å²) in [5.74, 6) is -0.00981. The van der Waals surface area contributed by atoms with Crippen molar-refractivity contribution in [2.45, 2.75) is 45.8 Å². The molecule has 10 nitrogen and oxygen atoms in total. The summed E-state index contributed by atoms with van der Waals surface area (Å²) in [6.07, 6.45) is 0. The smallest absolute Gasteiger partial charge is 0.249 e. The molecule has 1 unspecified atom stereocenters. The molecule has 0 fully saturated rings. The third kappa shape index (κ3) is 6.28. The van der Waals surface area contributed by atoms with Crippen molar-refractivity contribution in [2.75, 3.05) is 19.1 Å². The molecule has 0 saturated heterocycles. The molecule has 0 aliphatic rings. The second-order valence-corrected chi connectivity index (χ2v) is 10.4. The predicted octanol–water partition coefficient (Wildman–Crippen LogP) is 4.34. The fourth-order valence-electron chi connectivity index (χ4n) is 4.38. The van der Waals surface area contributed by atoms with Gasteiger partial charge in [-0.2, -0.15) is 0 Å². The van der Waals surface area contributed by atoms with Crippen LogP contribution in [-0.2, 0) is 16.1 Å². The minimum Gasteiger partial charge on any atom is -0.497 e. The monoisotopic (exact) mass is 543 g/mol. The Morgan fingerprint density at radius 1 is 0.950 bits per heavy atom. The van der Waals surface area contributed by atoms with E-state index in [4.69, 9.17) is 9.47 Å². The molecule has 0 radical (unpaired) electrons. The van der Waals surface area contributed by atoms with Crippen LogP contribution in [0, 0.1) is 0 Å². The molecule has 0 saturated carbocycles. The summed E-state index contributed by atoms with van der Waals surface area (Å²) in [6, 6.07) is 17.9. The van der Waals surface area contributed by atoms with Gasteiger partial charge < -0.3 is 14.8 Å². The van der Waals surface area contributed by atoms with Crippen molar-refractivity contribution in [3.8, 4) is 11.5 Å². The van der Waals surface area contributed by atoms with Crippen LogP contribution in [0.25, 0.3) is 11.0 Å². The van der Waals surface area contributed by atoms with Crippen molar-refractivity contribution in [3.63, 3.8) is 0 Å². The third-order valence-corrected chi connectivity index (χ3v) is 6.22. The fraction of sp³-hybridized carbons (Fsp3) is 0.300. The Balaban J connectivity index is 1.89. The molecule has 0 aliphatic heterocycles. The van der Waals surface area contributed by atoms with E-state index < -0.39 is 23.4 Å². The molecule has 40 heavy (non-hydrogen) atoms. The summed E-state index contributed by atoms with van der Waals surface area (Å²) in [5, 5.41) is 11.3. The van der Waals surface area contributed by atoms with Gasteiger partial charge in [-0.05, 0) is 81.8 Å². The molecule has 1 aromatic heterocycles. The Morgan fingerprint density at radius 2 is 1.57 bits per heavy atom.